The van der Waals surface area contributed by atoms with E-state index < -0.39 is 0 Å². The Labute approximate surface area is 181 Å². The molecule has 1 N–H and O–H groups in total. The van der Waals surface area contributed by atoms with E-state index in [0.717, 1.165) is 11.1 Å². The first-order valence-electron chi connectivity index (χ1n) is 9.80. The largest absolute Gasteiger partial charge is 0.497 e. The second kappa shape index (κ2) is 9.02. The lowest BCUT2D eigenvalue weighted by Crippen LogP contribution is -2.12. The van der Waals surface area contributed by atoms with Crippen LogP contribution in [0.4, 0.5) is 5.69 Å². The average molecular weight is 407 g/mol. The molecular formula is C26H21N3O2. The van der Waals surface area contributed by atoms with Crippen molar-refractivity contribution in [3.63, 3.8) is 0 Å². The van der Waals surface area contributed by atoms with E-state index in [1.54, 1.807) is 30.1 Å². The third-order valence-corrected chi connectivity index (χ3v) is 4.82. The van der Waals surface area contributed by atoms with Crippen LogP contribution >= 0.6 is 0 Å². The van der Waals surface area contributed by atoms with Gasteiger partial charge in [-0.15, -0.1) is 6.42 Å². The maximum atomic E-state index is 13.2. The summed E-state index contributed by atoms with van der Waals surface area (Å²) in [6.07, 6.45) is 7.24. The van der Waals surface area contributed by atoms with Crippen molar-refractivity contribution in [2.24, 2.45) is 0 Å². The van der Waals surface area contributed by atoms with Gasteiger partial charge in [0.2, 0.25) is 0 Å². The van der Waals surface area contributed by atoms with Gasteiger partial charge in [-0.25, -0.2) is 0 Å². The first kappa shape index (κ1) is 20.0. The van der Waals surface area contributed by atoms with Crippen molar-refractivity contribution in [3.05, 3.63) is 102 Å². The Kier molecular flexibility index (Phi) is 5.82. The number of carbonyl (C=O) groups excluding carboxylic acids is 1. The molecule has 152 valence electrons. The van der Waals surface area contributed by atoms with Crippen molar-refractivity contribution >= 4 is 11.6 Å². The van der Waals surface area contributed by atoms with Crippen LogP contribution in [0.1, 0.15) is 21.5 Å². The number of carbonyl (C=O) groups is 1. The molecule has 0 bridgehead atoms. The first-order chi connectivity index (χ1) is 15.2. The van der Waals surface area contributed by atoms with Gasteiger partial charge in [-0.3, -0.25) is 9.48 Å². The van der Waals surface area contributed by atoms with Gasteiger partial charge in [-0.1, -0.05) is 54.5 Å². The fourth-order valence-electron chi connectivity index (χ4n) is 3.31. The zero-order valence-corrected chi connectivity index (χ0v) is 17.1. The molecule has 4 aromatic rings. The Hall–Kier alpha value is -4.30. The summed E-state index contributed by atoms with van der Waals surface area (Å²) in [6.45, 7) is 0.553. The van der Waals surface area contributed by atoms with Gasteiger partial charge in [0.1, 0.15) is 11.4 Å². The van der Waals surface area contributed by atoms with Crippen molar-refractivity contribution < 1.29 is 9.53 Å². The van der Waals surface area contributed by atoms with Gasteiger partial charge in [0.05, 0.1) is 19.2 Å². The maximum absolute atomic E-state index is 13.2. The number of methoxy groups -OCH3 is 1. The molecular weight excluding hydrogens is 386 g/mol. The summed E-state index contributed by atoms with van der Waals surface area (Å²) in [5.41, 5.74) is 4.28. The number of rotatable bonds is 6. The summed E-state index contributed by atoms with van der Waals surface area (Å²) >= 11 is 0. The number of terminal acetylenes is 1. The van der Waals surface area contributed by atoms with Gasteiger partial charge in [-0.05, 0) is 35.9 Å². The highest BCUT2D eigenvalue weighted by Gasteiger charge is 2.19. The van der Waals surface area contributed by atoms with Crippen LogP contribution in [-0.2, 0) is 6.54 Å². The number of benzene rings is 3. The molecule has 31 heavy (non-hydrogen) atoms. The zero-order chi connectivity index (χ0) is 21.6. The lowest BCUT2D eigenvalue weighted by Gasteiger charge is -2.07. The van der Waals surface area contributed by atoms with Gasteiger partial charge >= 0.3 is 0 Å². The second-order valence-corrected chi connectivity index (χ2v) is 6.99. The number of hydrogen-bond acceptors (Lipinski definition) is 3. The number of aromatic nitrogens is 2. The van der Waals surface area contributed by atoms with Gasteiger partial charge < -0.3 is 10.1 Å². The monoisotopic (exact) mass is 407 g/mol. The van der Waals surface area contributed by atoms with Crippen LogP contribution in [0, 0.1) is 12.3 Å². The lowest BCUT2D eigenvalue weighted by atomic mass is 10.1. The van der Waals surface area contributed by atoms with Crippen LogP contribution in [0.3, 0.4) is 0 Å². The first-order valence-corrected chi connectivity index (χ1v) is 9.80. The molecule has 0 atom stereocenters. The molecule has 5 heteroatoms. The molecule has 0 aliphatic rings. The summed E-state index contributed by atoms with van der Waals surface area (Å²) < 4.78 is 7.12. The molecule has 0 fully saturated rings. The standard InChI is InChI=1S/C26H21N3O2/c1-3-19-11-7-13-22(15-19)27-26(30)24-18-29(17-20-9-5-4-6-10-20)28-25(24)21-12-8-14-23(16-21)31-2/h1,4-16,18H,17H2,2H3,(H,27,30). The Morgan fingerprint density at radius 2 is 1.87 bits per heavy atom. The van der Waals surface area contributed by atoms with Crippen LogP contribution in [0.2, 0.25) is 0 Å². The molecule has 0 spiro atoms. The lowest BCUT2D eigenvalue weighted by molar-refractivity contribution is 0.102. The topological polar surface area (TPSA) is 56.2 Å². The highest BCUT2D eigenvalue weighted by atomic mass is 16.5. The molecule has 0 unspecified atom stereocenters. The Morgan fingerprint density at radius 3 is 2.65 bits per heavy atom. The third-order valence-electron chi connectivity index (χ3n) is 4.82. The maximum Gasteiger partial charge on any atom is 0.259 e. The smallest absolute Gasteiger partial charge is 0.259 e. The summed E-state index contributed by atoms with van der Waals surface area (Å²) in [7, 11) is 1.61. The molecule has 0 aliphatic heterocycles. The van der Waals surface area contributed by atoms with Crippen LogP contribution in [0.5, 0.6) is 5.75 Å². The van der Waals surface area contributed by atoms with E-state index in [4.69, 9.17) is 16.3 Å². The normalized spacial score (nSPS) is 10.3. The molecule has 0 saturated heterocycles. The molecule has 4 rings (SSSR count). The van der Waals surface area contributed by atoms with E-state index in [0.29, 0.717) is 34.8 Å². The quantitative estimate of drug-likeness (QED) is 0.465. The van der Waals surface area contributed by atoms with Crippen LogP contribution in [0.25, 0.3) is 11.3 Å². The van der Waals surface area contributed by atoms with E-state index in [2.05, 4.69) is 11.2 Å². The van der Waals surface area contributed by atoms with Gasteiger partial charge in [0, 0.05) is 23.0 Å². The van der Waals surface area contributed by atoms with E-state index in [1.165, 1.54) is 0 Å². The SMILES string of the molecule is C#Cc1cccc(NC(=O)c2cn(Cc3ccccc3)nc2-c2cccc(OC)c2)c1. The Bertz CT molecular complexity index is 1250. The van der Waals surface area contributed by atoms with Crippen LogP contribution in [-0.4, -0.2) is 22.8 Å². The van der Waals surface area contributed by atoms with E-state index in [9.17, 15) is 4.79 Å². The molecule has 1 aromatic heterocycles. The van der Waals surface area contributed by atoms with Crippen LogP contribution in [0.15, 0.2) is 85.1 Å². The van der Waals surface area contributed by atoms with Crippen molar-refractivity contribution in [2.75, 3.05) is 12.4 Å². The number of anilines is 1. The minimum atomic E-state index is -0.258. The third kappa shape index (κ3) is 4.65. The summed E-state index contributed by atoms with van der Waals surface area (Å²) in [6, 6.07) is 24.7. The van der Waals surface area contributed by atoms with Crippen LogP contribution < -0.4 is 10.1 Å². The molecule has 0 saturated carbocycles. The fraction of sp³-hybridized carbons (Fsp3) is 0.0769. The van der Waals surface area contributed by atoms with Gasteiger partial charge in [-0.2, -0.15) is 5.10 Å². The molecule has 0 radical (unpaired) electrons. The molecule has 1 heterocycles. The van der Waals surface area contributed by atoms with Crippen molar-refractivity contribution in [1.29, 1.82) is 0 Å². The minimum absolute atomic E-state index is 0.258. The minimum Gasteiger partial charge on any atom is -0.497 e. The van der Waals surface area contributed by atoms with Crippen molar-refractivity contribution in [3.8, 4) is 29.4 Å². The fourth-order valence-corrected chi connectivity index (χ4v) is 3.31. The number of hydrogen-bond donors (Lipinski definition) is 1. The number of ether oxygens (including phenoxy) is 1. The average Bonchev–Trinajstić information content (AvgIpc) is 3.24. The predicted octanol–water partition coefficient (Wildman–Crippen LogP) is 4.84. The van der Waals surface area contributed by atoms with E-state index in [-0.39, 0.29) is 5.91 Å². The number of nitrogens with one attached hydrogen (secondary N) is 1. The van der Waals surface area contributed by atoms with E-state index in [1.807, 2.05) is 66.7 Å². The Balaban J connectivity index is 1.71. The highest BCUT2D eigenvalue weighted by Crippen LogP contribution is 2.27. The second-order valence-electron chi connectivity index (χ2n) is 6.99. The number of amides is 1. The molecule has 1 amide bonds. The summed E-state index contributed by atoms with van der Waals surface area (Å²) in [4.78, 5) is 13.2. The molecule has 0 aliphatic carbocycles. The Morgan fingerprint density at radius 1 is 1.06 bits per heavy atom. The van der Waals surface area contributed by atoms with Crippen molar-refractivity contribution in [1.82, 2.24) is 9.78 Å². The predicted molar refractivity (Wildman–Crippen MR) is 122 cm³/mol. The van der Waals surface area contributed by atoms with Gasteiger partial charge in [0.15, 0.2) is 0 Å². The highest BCUT2D eigenvalue weighted by molar-refractivity contribution is 6.08. The van der Waals surface area contributed by atoms with Gasteiger partial charge in [0.25, 0.3) is 5.91 Å². The summed E-state index contributed by atoms with van der Waals surface area (Å²) in [5, 5.41) is 7.65. The summed E-state index contributed by atoms with van der Waals surface area (Å²) in [5.74, 6) is 3.02. The van der Waals surface area contributed by atoms with E-state index >= 15 is 0 Å². The molecule has 5 nitrogen and oxygen atoms in total. The zero-order valence-electron chi connectivity index (χ0n) is 17.1. The van der Waals surface area contributed by atoms with Crippen molar-refractivity contribution in [2.45, 2.75) is 6.54 Å². The number of nitrogens with zero attached hydrogens (tertiary/aromatic N) is 2. The molecule has 3 aromatic carbocycles.